The maximum atomic E-state index is 10.6. The summed E-state index contributed by atoms with van der Waals surface area (Å²) in [6.45, 7) is 5.60. The second kappa shape index (κ2) is 6.84. The van der Waals surface area contributed by atoms with Crippen molar-refractivity contribution in [1.82, 2.24) is 5.32 Å². The predicted molar refractivity (Wildman–Crippen MR) is 80.8 cm³/mol. The van der Waals surface area contributed by atoms with Crippen molar-refractivity contribution in [3.63, 3.8) is 0 Å². The van der Waals surface area contributed by atoms with Gasteiger partial charge in [0.2, 0.25) is 0 Å². The number of hydrogen-bond donors (Lipinski definition) is 1. The molecule has 2 rings (SSSR count). The van der Waals surface area contributed by atoms with E-state index in [0.29, 0.717) is 6.04 Å². The van der Waals surface area contributed by atoms with Crippen LogP contribution in [0.25, 0.3) is 0 Å². The lowest BCUT2D eigenvalue weighted by atomic mass is 9.80. The zero-order valence-electron chi connectivity index (χ0n) is 12.3. The normalized spacial score (nSPS) is 26.4. The van der Waals surface area contributed by atoms with Crippen molar-refractivity contribution in [2.24, 2.45) is 11.8 Å². The quantitative estimate of drug-likeness (QED) is 0.661. The molecule has 0 saturated heterocycles. The maximum absolute atomic E-state index is 10.6. The molecule has 1 saturated carbocycles. The fraction of sp³-hybridized carbons (Fsp3) is 0.625. The van der Waals surface area contributed by atoms with E-state index >= 15 is 0 Å². The Kier molecular flexibility index (Phi) is 5.12. The molecule has 1 N–H and O–H groups in total. The first kappa shape index (κ1) is 15.0. The highest BCUT2D eigenvalue weighted by Crippen LogP contribution is 2.28. The molecule has 0 radical (unpaired) electrons. The minimum atomic E-state index is -0.354. The van der Waals surface area contributed by atoms with Gasteiger partial charge in [0.1, 0.15) is 0 Å². The van der Waals surface area contributed by atoms with Crippen LogP contribution in [0.3, 0.4) is 0 Å². The van der Waals surface area contributed by atoms with Gasteiger partial charge in [-0.2, -0.15) is 0 Å². The number of nitrogens with zero attached hydrogens (tertiary/aromatic N) is 1. The van der Waals surface area contributed by atoms with Crippen molar-refractivity contribution in [2.75, 3.05) is 6.54 Å². The first-order valence-electron chi connectivity index (χ1n) is 7.53. The lowest BCUT2D eigenvalue weighted by Crippen LogP contribution is -2.40. The first-order valence-corrected chi connectivity index (χ1v) is 7.53. The molecule has 1 aromatic carbocycles. The zero-order valence-corrected chi connectivity index (χ0v) is 12.3. The molecule has 20 heavy (non-hydrogen) atoms. The summed E-state index contributed by atoms with van der Waals surface area (Å²) in [5.74, 6) is 1.58. The predicted octanol–water partition coefficient (Wildman–Crippen LogP) is 3.55. The van der Waals surface area contributed by atoms with E-state index in [-0.39, 0.29) is 10.6 Å². The van der Waals surface area contributed by atoms with E-state index in [0.717, 1.165) is 30.4 Å². The van der Waals surface area contributed by atoms with Crippen molar-refractivity contribution in [3.8, 4) is 0 Å². The molecule has 0 spiro atoms. The molecule has 4 heteroatoms. The summed E-state index contributed by atoms with van der Waals surface area (Å²) in [5, 5.41) is 14.2. The molecule has 3 unspecified atom stereocenters. The van der Waals surface area contributed by atoms with Gasteiger partial charge < -0.3 is 5.32 Å². The summed E-state index contributed by atoms with van der Waals surface area (Å²) < 4.78 is 0. The number of nitro benzene ring substituents is 1. The molecule has 0 bridgehead atoms. The molecule has 3 atom stereocenters. The third kappa shape index (κ3) is 4.04. The summed E-state index contributed by atoms with van der Waals surface area (Å²) in [6, 6.07) is 7.50. The maximum Gasteiger partial charge on any atom is 0.269 e. The fourth-order valence-corrected chi connectivity index (χ4v) is 3.00. The van der Waals surface area contributed by atoms with Crippen LogP contribution in [0.4, 0.5) is 5.69 Å². The van der Waals surface area contributed by atoms with Crippen LogP contribution in [0.15, 0.2) is 24.3 Å². The SMILES string of the molecule is CC1CCC(C)C(NCCc2ccc([N+](=O)[O-])cc2)C1. The van der Waals surface area contributed by atoms with Crippen molar-refractivity contribution in [3.05, 3.63) is 39.9 Å². The van der Waals surface area contributed by atoms with E-state index < -0.39 is 0 Å². The van der Waals surface area contributed by atoms with Crippen molar-refractivity contribution >= 4 is 5.69 Å². The summed E-state index contributed by atoms with van der Waals surface area (Å²) in [5.41, 5.74) is 1.32. The van der Waals surface area contributed by atoms with Crippen molar-refractivity contribution < 1.29 is 4.92 Å². The van der Waals surface area contributed by atoms with E-state index in [2.05, 4.69) is 19.2 Å². The molecule has 1 aromatic rings. The molecule has 1 aliphatic rings. The van der Waals surface area contributed by atoms with Crippen LogP contribution in [0, 0.1) is 22.0 Å². The molecule has 0 amide bonds. The largest absolute Gasteiger partial charge is 0.313 e. The number of nitro groups is 1. The van der Waals surface area contributed by atoms with E-state index in [1.807, 2.05) is 12.1 Å². The van der Waals surface area contributed by atoms with Gasteiger partial charge in [0, 0.05) is 18.2 Å². The molecule has 4 nitrogen and oxygen atoms in total. The topological polar surface area (TPSA) is 55.2 Å². The minimum Gasteiger partial charge on any atom is -0.313 e. The molecular weight excluding hydrogens is 252 g/mol. The second-order valence-corrected chi connectivity index (χ2v) is 6.13. The summed E-state index contributed by atoms with van der Waals surface area (Å²) in [7, 11) is 0. The van der Waals surface area contributed by atoms with E-state index in [9.17, 15) is 10.1 Å². The van der Waals surface area contributed by atoms with Crippen LogP contribution < -0.4 is 5.32 Å². The van der Waals surface area contributed by atoms with Crippen LogP contribution >= 0.6 is 0 Å². The molecule has 1 aliphatic carbocycles. The molecular formula is C16H24N2O2. The lowest BCUT2D eigenvalue weighted by molar-refractivity contribution is -0.384. The van der Waals surface area contributed by atoms with E-state index in [1.54, 1.807) is 12.1 Å². The highest BCUT2D eigenvalue weighted by atomic mass is 16.6. The van der Waals surface area contributed by atoms with Crippen molar-refractivity contribution in [1.29, 1.82) is 0 Å². The highest BCUT2D eigenvalue weighted by molar-refractivity contribution is 5.32. The van der Waals surface area contributed by atoms with Gasteiger partial charge in [0.25, 0.3) is 5.69 Å². The van der Waals surface area contributed by atoms with Crippen LogP contribution in [0.2, 0.25) is 0 Å². The fourth-order valence-electron chi connectivity index (χ4n) is 3.00. The smallest absolute Gasteiger partial charge is 0.269 e. The van der Waals surface area contributed by atoms with Gasteiger partial charge >= 0.3 is 0 Å². The third-order valence-corrected chi connectivity index (χ3v) is 4.43. The monoisotopic (exact) mass is 276 g/mol. The number of non-ortho nitro benzene ring substituents is 1. The standard InChI is InChI=1S/C16H24N2O2/c1-12-3-4-13(2)16(11-12)17-10-9-14-5-7-15(8-6-14)18(19)20/h5-8,12-13,16-17H,3-4,9-11H2,1-2H3. The number of benzene rings is 1. The van der Waals surface area contributed by atoms with E-state index in [1.165, 1.54) is 19.3 Å². The third-order valence-electron chi connectivity index (χ3n) is 4.43. The average molecular weight is 276 g/mol. The second-order valence-electron chi connectivity index (χ2n) is 6.13. The molecule has 0 heterocycles. The number of hydrogen-bond acceptors (Lipinski definition) is 3. The van der Waals surface area contributed by atoms with Gasteiger partial charge in [-0.25, -0.2) is 0 Å². The zero-order chi connectivity index (χ0) is 14.5. The van der Waals surface area contributed by atoms with Crippen LogP contribution in [0.1, 0.15) is 38.7 Å². The molecule has 0 aromatic heterocycles. The van der Waals surface area contributed by atoms with Crippen LogP contribution in [-0.4, -0.2) is 17.5 Å². The first-order chi connectivity index (χ1) is 9.56. The lowest BCUT2D eigenvalue weighted by Gasteiger charge is -2.33. The van der Waals surface area contributed by atoms with E-state index in [4.69, 9.17) is 0 Å². The molecule has 110 valence electrons. The summed E-state index contributed by atoms with van der Waals surface area (Å²) in [6.07, 6.45) is 4.86. The number of nitrogens with one attached hydrogen (secondary N) is 1. The number of rotatable bonds is 5. The Morgan fingerprint density at radius 2 is 1.95 bits per heavy atom. The van der Waals surface area contributed by atoms with Gasteiger partial charge in [-0.1, -0.05) is 32.4 Å². The molecule has 0 aliphatic heterocycles. The Morgan fingerprint density at radius 1 is 1.25 bits per heavy atom. The Hall–Kier alpha value is -1.42. The van der Waals surface area contributed by atoms with Crippen molar-refractivity contribution in [2.45, 2.75) is 45.6 Å². The van der Waals surface area contributed by atoms with Gasteiger partial charge in [-0.15, -0.1) is 0 Å². The van der Waals surface area contributed by atoms with Gasteiger partial charge in [0.05, 0.1) is 4.92 Å². The summed E-state index contributed by atoms with van der Waals surface area (Å²) in [4.78, 5) is 10.2. The minimum absolute atomic E-state index is 0.163. The van der Waals surface area contributed by atoms with Gasteiger partial charge in [-0.3, -0.25) is 10.1 Å². The molecule has 1 fully saturated rings. The van der Waals surface area contributed by atoms with Crippen LogP contribution in [0.5, 0.6) is 0 Å². The summed E-state index contributed by atoms with van der Waals surface area (Å²) >= 11 is 0. The van der Waals surface area contributed by atoms with Crippen LogP contribution in [-0.2, 0) is 6.42 Å². The Morgan fingerprint density at radius 3 is 2.60 bits per heavy atom. The van der Waals surface area contributed by atoms with Gasteiger partial charge in [-0.05, 0) is 43.2 Å². The Labute approximate surface area is 120 Å². The highest BCUT2D eigenvalue weighted by Gasteiger charge is 2.24. The Balaban J connectivity index is 1.79. The average Bonchev–Trinajstić information content (AvgIpc) is 2.43. The van der Waals surface area contributed by atoms with Gasteiger partial charge in [0.15, 0.2) is 0 Å². The Bertz CT molecular complexity index is 444.